The van der Waals surface area contributed by atoms with E-state index in [1.165, 1.54) is 17.3 Å². The molecule has 1 unspecified atom stereocenters. The Morgan fingerprint density at radius 3 is 2.83 bits per heavy atom. The molecule has 0 radical (unpaired) electrons. The molecule has 0 saturated heterocycles. The Balaban J connectivity index is 2.77. The summed E-state index contributed by atoms with van der Waals surface area (Å²) in [5.41, 5.74) is 2.27. The van der Waals surface area contributed by atoms with Crippen molar-refractivity contribution in [3.63, 3.8) is 0 Å². The molecule has 0 aliphatic rings. The van der Waals surface area contributed by atoms with Gasteiger partial charge in [0.05, 0.1) is 29.7 Å². The van der Waals surface area contributed by atoms with Crippen LogP contribution in [0.4, 0.5) is 0 Å². The molecule has 0 saturated carbocycles. The minimum atomic E-state index is 0.203. The van der Waals surface area contributed by atoms with E-state index in [4.69, 9.17) is 0 Å². The van der Waals surface area contributed by atoms with Gasteiger partial charge in [-0.05, 0) is 20.9 Å². The Hall–Kier alpha value is -0.740. The summed E-state index contributed by atoms with van der Waals surface area (Å²) in [7, 11) is 1.92. The maximum atomic E-state index is 4.16. The largest absolute Gasteiger partial charge is 0.308 e. The van der Waals surface area contributed by atoms with Gasteiger partial charge in [0.15, 0.2) is 0 Å². The van der Waals surface area contributed by atoms with Crippen LogP contribution in [0.15, 0.2) is 17.8 Å². The number of hydrogen-bond acceptors (Lipinski definition) is 4. The molecule has 4 heteroatoms. The van der Waals surface area contributed by atoms with Gasteiger partial charge >= 0.3 is 0 Å². The summed E-state index contributed by atoms with van der Waals surface area (Å²) in [6.07, 6.45) is 3.93. The number of hydrogen-bond donors (Lipinski definition) is 1. The predicted molar refractivity (Wildman–Crippen MR) is 51.1 cm³/mol. The highest BCUT2D eigenvalue weighted by Crippen LogP contribution is 2.12. The second kappa shape index (κ2) is 4.33. The molecule has 3 nitrogen and oxygen atoms in total. The van der Waals surface area contributed by atoms with Crippen LogP contribution in [0, 0.1) is 0 Å². The Morgan fingerprint density at radius 1 is 1.67 bits per heavy atom. The van der Waals surface area contributed by atoms with Crippen LogP contribution < -0.4 is 5.32 Å². The topological polar surface area (TPSA) is 37.8 Å². The summed E-state index contributed by atoms with van der Waals surface area (Å²) < 4.78 is 8.12. The van der Waals surface area contributed by atoms with Crippen LogP contribution in [0.25, 0.3) is 0 Å². The average Bonchev–Trinajstić information content (AvgIpc) is 2.51. The fourth-order valence-corrected chi connectivity index (χ4v) is 1.42. The highest BCUT2D eigenvalue weighted by molar-refractivity contribution is 6.99. The van der Waals surface area contributed by atoms with Crippen molar-refractivity contribution in [3.05, 3.63) is 23.5 Å². The Morgan fingerprint density at radius 2 is 2.42 bits per heavy atom. The lowest BCUT2D eigenvalue weighted by molar-refractivity contribution is 0.695. The van der Waals surface area contributed by atoms with Crippen molar-refractivity contribution in [2.45, 2.75) is 19.9 Å². The molecule has 1 heterocycles. The van der Waals surface area contributed by atoms with Crippen molar-refractivity contribution in [2.24, 2.45) is 0 Å². The van der Waals surface area contributed by atoms with Crippen molar-refractivity contribution >= 4 is 11.7 Å². The molecule has 0 fully saturated rings. The summed E-state index contributed by atoms with van der Waals surface area (Å²) in [5, 5.41) is 3.16. The van der Waals surface area contributed by atoms with E-state index in [0.717, 1.165) is 5.69 Å². The summed E-state index contributed by atoms with van der Waals surface area (Å²) in [4.78, 5) is 0. The van der Waals surface area contributed by atoms with Gasteiger partial charge in [0.1, 0.15) is 0 Å². The van der Waals surface area contributed by atoms with Crippen LogP contribution in [-0.2, 0) is 0 Å². The first-order chi connectivity index (χ1) is 5.74. The monoisotopic (exact) mass is 183 g/mol. The van der Waals surface area contributed by atoms with Gasteiger partial charge in [-0.3, -0.25) is 0 Å². The van der Waals surface area contributed by atoms with Gasteiger partial charge in [-0.1, -0.05) is 11.6 Å². The van der Waals surface area contributed by atoms with E-state index < -0.39 is 0 Å². The third-order valence-corrected chi connectivity index (χ3v) is 2.00. The number of nitrogens with one attached hydrogen (secondary N) is 1. The Bertz CT molecular complexity index is 249. The van der Waals surface area contributed by atoms with Crippen molar-refractivity contribution in [1.29, 1.82) is 0 Å². The van der Waals surface area contributed by atoms with E-state index in [1.54, 1.807) is 6.20 Å². The van der Waals surface area contributed by atoms with Crippen LogP contribution in [-0.4, -0.2) is 15.8 Å². The zero-order valence-electron chi connectivity index (χ0n) is 7.53. The van der Waals surface area contributed by atoms with Crippen LogP contribution in [0.1, 0.15) is 25.6 Å². The quantitative estimate of drug-likeness (QED) is 0.726. The molecule has 1 aromatic rings. The number of allylic oxidation sites excluding steroid dienone is 1. The summed E-state index contributed by atoms with van der Waals surface area (Å²) >= 11 is 1.24. The van der Waals surface area contributed by atoms with Crippen molar-refractivity contribution < 1.29 is 0 Å². The number of aromatic nitrogens is 2. The van der Waals surface area contributed by atoms with Crippen LogP contribution in [0.2, 0.25) is 0 Å². The van der Waals surface area contributed by atoms with E-state index in [2.05, 4.69) is 34.0 Å². The maximum Gasteiger partial charge on any atom is 0.0951 e. The van der Waals surface area contributed by atoms with E-state index in [1.807, 2.05) is 7.05 Å². The highest BCUT2D eigenvalue weighted by atomic mass is 32.1. The fourth-order valence-electron chi connectivity index (χ4n) is 0.959. The lowest BCUT2D eigenvalue weighted by atomic mass is 10.1. The molecule has 1 rings (SSSR count). The normalized spacial score (nSPS) is 12.6. The molecular weight excluding hydrogens is 170 g/mol. The third kappa shape index (κ3) is 2.39. The molecule has 0 spiro atoms. The second-order valence-corrected chi connectivity index (χ2v) is 3.40. The minimum absolute atomic E-state index is 0.203. The van der Waals surface area contributed by atoms with E-state index >= 15 is 0 Å². The highest BCUT2D eigenvalue weighted by Gasteiger charge is 2.07. The third-order valence-electron chi connectivity index (χ3n) is 1.51. The summed E-state index contributed by atoms with van der Waals surface area (Å²) in [6, 6.07) is 0.203. The Labute approximate surface area is 76.8 Å². The first kappa shape index (κ1) is 9.35. The van der Waals surface area contributed by atoms with Gasteiger partial charge in [0.2, 0.25) is 0 Å². The van der Waals surface area contributed by atoms with Crippen LogP contribution in [0.3, 0.4) is 0 Å². The van der Waals surface area contributed by atoms with Gasteiger partial charge in [0.25, 0.3) is 0 Å². The molecule has 0 bridgehead atoms. The molecular formula is C8H13N3S. The Kier molecular flexibility index (Phi) is 3.37. The lowest BCUT2D eigenvalue weighted by Crippen LogP contribution is -2.14. The number of rotatable bonds is 3. The first-order valence-electron chi connectivity index (χ1n) is 3.83. The first-order valence-corrected chi connectivity index (χ1v) is 4.57. The average molecular weight is 183 g/mol. The molecule has 66 valence electrons. The van der Waals surface area contributed by atoms with Crippen molar-refractivity contribution in [2.75, 3.05) is 7.05 Å². The molecule has 0 aromatic carbocycles. The van der Waals surface area contributed by atoms with Crippen molar-refractivity contribution in [3.8, 4) is 0 Å². The molecule has 1 N–H and O–H groups in total. The number of nitrogens with zero attached hydrogens (tertiary/aromatic N) is 2. The molecule has 0 aliphatic carbocycles. The van der Waals surface area contributed by atoms with Gasteiger partial charge < -0.3 is 5.32 Å². The molecule has 0 aliphatic heterocycles. The van der Waals surface area contributed by atoms with Gasteiger partial charge in [-0.2, -0.15) is 8.75 Å². The van der Waals surface area contributed by atoms with E-state index in [-0.39, 0.29) is 6.04 Å². The standard InChI is InChI=1S/C8H13N3S/c1-6(2)4-7(9-3)8-5-10-12-11-8/h4-5,7,9H,1-3H3. The number of likely N-dealkylation sites (N-methyl/N-ethyl adjacent to an activating group) is 1. The second-order valence-electron chi connectivity index (χ2n) is 2.84. The SMILES string of the molecule is CNC(C=C(C)C)c1cnsn1. The predicted octanol–water partition coefficient (Wildman–Crippen LogP) is 1.76. The van der Waals surface area contributed by atoms with Crippen molar-refractivity contribution in [1.82, 2.24) is 14.1 Å². The molecule has 12 heavy (non-hydrogen) atoms. The van der Waals surface area contributed by atoms with E-state index in [0.29, 0.717) is 0 Å². The lowest BCUT2D eigenvalue weighted by Gasteiger charge is -2.07. The fraction of sp³-hybridized carbons (Fsp3) is 0.500. The summed E-state index contributed by atoms with van der Waals surface area (Å²) in [6.45, 7) is 4.15. The smallest absolute Gasteiger partial charge is 0.0951 e. The maximum absolute atomic E-state index is 4.16. The van der Waals surface area contributed by atoms with E-state index in [9.17, 15) is 0 Å². The van der Waals surface area contributed by atoms with Gasteiger partial charge in [-0.25, -0.2) is 0 Å². The zero-order chi connectivity index (χ0) is 8.97. The molecule has 0 amide bonds. The van der Waals surface area contributed by atoms with Crippen LogP contribution >= 0.6 is 11.7 Å². The minimum Gasteiger partial charge on any atom is -0.308 e. The van der Waals surface area contributed by atoms with Gasteiger partial charge in [-0.15, -0.1) is 0 Å². The molecule has 1 aromatic heterocycles. The zero-order valence-corrected chi connectivity index (χ0v) is 8.35. The molecule has 1 atom stereocenters. The van der Waals surface area contributed by atoms with Gasteiger partial charge in [0, 0.05) is 0 Å². The van der Waals surface area contributed by atoms with Crippen LogP contribution in [0.5, 0.6) is 0 Å². The summed E-state index contributed by atoms with van der Waals surface area (Å²) in [5.74, 6) is 0.